The molecule has 0 aromatic heterocycles. The molecule has 0 heterocycles. The molecule has 3 N–H and O–H groups in total. The first-order valence-electron chi connectivity index (χ1n) is 8.84. The minimum Gasteiger partial charge on any atom is -0.493 e. The quantitative estimate of drug-likeness (QED) is 0.287. The average Bonchev–Trinajstić information content (AvgIpc) is 2.70. The highest BCUT2D eigenvalue weighted by atomic mass is 127. The Bertz CT molecular complexity index is 815. The van der Waals surface area contributed by atoms with E-state index in [9.17, 15) is 13.2 Å². The highest BCUT2D eigenvalue weighted by molar-refractivity contribution is 14.0. The van der Waals surface area contributed by atoms with E-state index in [4.69, 9.17) is 15.2 Å². The molecule has 0 saturated carbocycles. The van der Waals surface area contributed by atoms with E-state index in [0.29, 0.717) is 31.0 Å². The van der Waals surface area contributed by atoms with Crippen LogP contribution in [0.4, 0.5) is 13.2 Å². The summed E-state index contributed by atoms with van der Waals surface area (Å²) in [4.78, 5) is 4.22. The number of hydrogen-bond acceptors (Lipinski definition) is 4. The summed E-state index contributed by atoms with van der Waals surface area (Å²) in [5.74, 6) is 1.76. The molecule has 0 aliphatic heterocycles. The summed E-state index contributed by atoms with van der Waals surface area (Å²) >= 11 is 0. The third-order valence-corrected chi connectivity index (χ3v) is 3.93. The minimum absolute atomic E-state index is 0. The second-order valence-electron chi connectivity index (χ2n) is 6.12. The lowest BCUT2D eigenvalue weighted by atomic mass is 10.1. The Hall–Kier alpha value is -2.37. The van der Waals surface area contributed by atoms with E-state index in [1.807, 2.05) is 18.2 Å². The lowest BCUT2D eigenvalue weighted by molar-refractivity contribution is -0.153. The van der Waals surface area contributed by atoms with Crippen molar-refractivity contribution in [2.45, 2.75) is 19.1 Å². The second kappa shape index (κ2) is 12.4. The van der Waals surface area contributed by atoms with Crippen LogP contribution in [0.1, 0.15) is 11.1 Å². The zero-order valence-electron chi connectivity index (χ0n) is 16.7. The topological polar surface area (TPSA) is 78.1 Å². The lowest BCUT2D eigenvalue weighted by Crippen LogP contribution is -2.33. The number of methoxy groups -OCH3 is 2. The first-order valence-corrected chi connectivity index (χ1v) is 8.84. The van der Waals surface area contributed by atoms with Crippen molar-refractivity contribution in [3.8, 4) is 17.2 Å². The van der Waals surface area contributed by atoms with E-state index in [-0.39, 0.29) is 35.7 Å². The van der Waals surface area contributed by atoms with Gasteiger partial charge in [-0.2, -0.15) is 13.2 Å². The molecule has 166 valence electrons. The van der Waals surface area contributed by atoms with Gasteiger partial charge in [-0.3, -0.25) is 0 Å². The number of nitrogens with zero attached hydrogens (tertiary/aromatic N) is 1. The second-order valence-corrected chi connectivity index (χ2v) is 6.12. The number of benzene rings is 2. The van der Waals surface area contributed by atoms with Crippen molar-refractivity contribution in [2.24, 2.45) is 10.7 Å². The van der Waals surface area contributed by atoms with E-state index in [2.05, 4.69) is 15.0 Å². The van der Waals surface area contributed by atoms with Crippen LogP contribution in [0.5, 0.6) is 17.2 Å². The molecule has 0 amide bonds. The maximum Gasteiger partial charge on any atom is 0.422 e. The van der Waals surface area contributed by atoms with Crippen LogP contribution in [-0.2, 0) is 13.0 Å². The maximum absolute atomic E-state index is 12.1. The van der Waals surface area contributed by atoms with E-state index in [1.165, 1.54) is 12.1 Å². The fourth-order valence-electron chi connectivity index (χ4n) is 2.46. The molecule has 0 radical (unpaired) electrons. The van der Waals surface area contributed by atoms with Gasteiger partial charge in [0.05, 0.1) is 20.8 Å². The van der Waals surface area contributed by atoms with Gasteiger partial charge in [0.2, 0.25) is 0 Å². The first kappa shape index (κ1) is 25.7. The SMILES string of the molecule is COc1ccc(CCNC(N)=NCc2ccc(OCC(F)(F)F)cc2)cc1OC.I. The number of ether oxygens (including phenoxy) is 3. The van der Waals surface area contributed by atoms with Crippen molar-refractivity contribution < 1.29 is 27.4 Å². The molecule has 0 atom stereocenters. The molecule has 0 unspecified atom stereocenters. The third kappa shape index (κ3) is 8.97. The Morgan fingerprint density at radius 3 is 2.23 bits per heavy atom. The number of halogens is 4. The van der Waals surface area contributed by atoms with Gasteiger partial charge >= 0.3 is 6.18 Å². The van der Waals surface area contributed by atoms with Crippen LogP contribution in [0, 0.1) is 0 Å². The van der Waals surface area contributed by atoms with Crippen molar-refractivity contribution in [3.63, 3.8) is 0 Å². The van der Waals surface area contributed by atoms with Crippen molar-refractivity contribution in [2.75, 3.05) is 27.4 Å². The zero-order chi connectivity index (χ0) is 21.3. The van der Waals surface area contributed by atoms with Gasteiger partial charge in [0.15, 0.2) is 24.1 Å². The molecular weight excluding hydrogens is 514 g/mol. The summed E-state index contributed by atoms with van der Waals surface area (Å²) in [6, 6.07) is 11.9. The van der Waals surface area contributed by atoms with Crippen LogP contribution >= 0.6 is 24.0 Å². The Kier molecular flexibility index (Phi) is 10.6. The Morgan fingerprint density at radius 1 is 1.00 bits per heavy atom. The highest BCUT2D eigenvalue weighted by Crippen LogP contribution is 2.27. The zero-order valence-corrected chi connectivity index (χ0v) is 19.0. The largest absolute Gasteiger partial charge is 0.493 e. The number of guanidine groups is 1. The molecular formula is C20H25F3IN3O3. The van der Waals surface area contributed by atoms with Crippen LogP contribution in [0.15, 0.2) is 47.5 Å². The molecule has 0 fully saturated rings. The van der Waals surface area contributed by atoms with Gasteiger partial charge in [0.25, 0.3) is 0 Å². The van der Waals surface area contributed by atoms with Gasteiger partial charge in [-0.15, -0.1) is 24.0 Å². The number of aliphatic imine (C=N–C) groups is 1. The molecule has 2 aromatic carbocycles. The van der Waals surface area contributed by atoms with Gasteiger partial charge in [0.1, 0.15) is 5.75 Å². The molecule has 2 rings (SSSR count). The predicted octanol–water partition coefficient (Wildman–Crippen LogP) is 3.91. The Balaban J connectivity index is 0.00000450. The predicted molar refractivity (Wildman–Crippen MR) is 120 cm³/mol. The summed E-state index contributed by atoms with van der Waals surface area (Å²) in [6.07, 6.45) is -3.65. The molecule has 0 bridgehead atoms. The van der Waals surface area contributed by atoms with Crippen LogP contribution in [0.3, 0.4) is 0 Å². The molecule has 6 nitrogen and oxygen atoms in total. The summed E-state index contributed by atoms with van der Waals surface area (Å²) < 4.78 is 51.6. The van der Waals surface area contributed by atoms with E-state index < -0.39 is 12.8 Å². The number of nitrogens with one attached hydrogen (secondary N) is 1. The van der Waals surface area contributed by atoms with Crippen LogP contribution < -0.4 is 25.3 Å². The van der Waals surface area contributed by atoms with Gasteiger partial charge in [0, 0.05) is 6.54 Å². The number of nitrogens with two attached hydrogens (primary N) is 1. The van der Waals surface area contributed by atoms with Crippen molar-refractivity contribution >= 4 is 29.9 Å². The van der Waals surface area contributed by atoms with Crippen LogP contribution in [-0.4, -0.2) is 39.5 Å². The molecule has 0 aliphatic carbocycles. The molecule has 30 heavy (non-hydrogen) atoms. The fraction of sp³-hybridized carbons (Fsp3) is 0.350. The summed E-state index contributed by atoms with van der Waals surface area (Å²) in [5, 5.41) is 3.02. The molecule has 0 saturated heterocycles. The van der Waals surface area contributed by atoms with Crippen molar-refractivity contribution in [1.82, 2.24) is 5.32 Å². The normalized spacial score (nSPS) is 11.4. The fourth-order valence-corrected chi connectivity index (χ4v) is 2.46. The summed E-state index contributed by atoms with van der Waals surface area (Å²) in [7, 11) is 3.17. The molecule has 2 aromatic rings. The smallest absolute Gasteiger partial charge is 0.422 e. The van der Waals surface area contributed by atoms with E-state index >= 15 is 0 Å². The Labute approximate surface area is 190 Å². The van der Waals surface area contributed by atoms with E-state index in [0.717, 1.165) is 11.1 Å². The van der Waals surface area contributed by atoms with Gasteiger partial charge in [-0.25, -0.2) is 4.99 Å². The molecule has 0 spiro atoms. The number of rotatable bonds is 9. The highest BCUT2D eigenvalue weighted by Gasteiger charge is 2.28. The minimum atomic E-state index is -4.36. The summed E-state index contributed by atoms with van der Waals surface area (Å²) in [6.45, 7) is -0.439. The van der Waals surface area contributed by atoms with Gasteiger partial charge in [-0.1, -0.05) is 18.2 Å². The molecule has 10 heteroatoms. The van der Waals surface area contributed by atoms with Crippen LogP contribution in [0.25, 0.3) is 0 Å². The average molecular weight is 539 g/mol. The monoisotopic (exact) mass is 539 g/mol. The maximum atomic E-state index is 12.1. The number of hydrogen-bond donors (Lipinski definition) is 2. The first-order chi connectivity index (χ1) is 13.8. The van der Waals surface area contributed by atoms with Crippen LogP contribution in [0.2, 0.25) is 0 Å². The summed E-state index contributed by atoms with van der Waals surface area (Å²) in [5.41, 5.74) is 7.71. The lowest BCUT2D eigenvalue weighted by Gasteiger charge is -2.10. The number of alkyl halides is 3. The molecule has 0 aliphatic rings. The van der Waals surface area contributed by atoms with Crippen molar-refractivity contribution in [3.05, 3.63) is 53.6 Å². The third-order valence-electron chi connectivity index (χ3n) is 3.93. The van der Waals surface area contributed by atoms with Gasteiger partial charge < -0.3 is 25.3 Å². The van der Waals surface area contributed by atoms with E-state index in [1.54, 1.807) is 26.4 Å². The standard InChI is InChI=1S/C20H24F3N3O3.HI/c1-27-17-8-5-14(11-18(17)28-2)9-10-25-19(24)26-12-15-3-6-16(7-4-15)29-13-20(21,22)23;/h3-8,11H,9-10,12-13H2,1-2H3,(H3,24,25,26);1H. The van der Waals surface area contributed by atoms with Gasteiger partial charge in [-0.05, 0) is 41.8 Å². The Morgan fingerprint density at radius 2 is 1.63 bits per heavy atom. The van der Waals surface area contributed by atoms with Crippen molar-refractivity contribution in [1.29, 1.82) is 0 Å².